The van der Waals surface area contributed by atoms with Gasteiger partial charge in [0.1, 0.15) is 0 Å². The maximum Gasteiger partial charge on any atom is 0.224 e. The van der Waals surface area contributed by atoms with Crippen LogP contribution in [-0.2, 0) is 9.53 Å². The van der Waals surface area contributed by atoms with E-state index in [-0.39, 0.29) is 18.1 Å². The van der Waals surface area contributed by atoms with Crippen LogP contribution in [0.25, 0.3) is 0 Å². The number of benzene rings is 1. The average Bonchev–Trinajstić information content (AvgIpc) is 2.42. The summed E-state index contributed by atoms with van der Waals surface area (Å²) in [7, 11) is 0. The Labute approximate surface area is 136 Å². The van der Waals surface area contributed by atoms with E-state index in [2.05, 4.69) is 24.1 Å². The number of rotatable bonds is 5. The number of halogens is 1. The molecule has 1 saturated heterocycles. The summed E-state index contributed by atoms with van der Waals surface area (Å²) < 4.78 is 5.70. The van der Waals surface area contributed by atoms with E-state index in [9.17, 15) is 4.79 Å². The predicted octanol–water partition coefficient (Wildman–Crippen LogP) is 2.75. The number of nitrogens with zero attached hydrogens (tertiary/aromatic N) is 1. The van der Waals surface area contributed by atoms with Gasteiger partial charge in [0.05, 0.1) is 22.9 Å². The Balaban J connectivity index is 1.72. The van der Waals surface area contributed by atoms with Crippen LogP contribution in [0.3, 0.4) is 0 Å². The summed E-state index contributed by atoms with van der Waals surface area (Å²) in [6.45, 7) is 6.94. The van der Waals surface area contributed by atoms with Gasteiger partial charge in [-0.3, -0.25) is 9.69 Å². The van der Waals surface area contributed by atoms with Gasteiger partial charge in [0, 0.05) is 25.2 Å². The average molecular weight is 326 g/mol. The molecule has 0 aliphatic carbocycles. The van der Waals surface area contributed by atoms with E-state index in [4.69, 9.17) is 22.1 Å². The smallest absolute Gasteiger partial charge is 0.224 e. The van der Waals surface area contributed by atoms with E-state index in [1.165, 1.54) is 0 Å². The van der Waals surface area contributed by atoms with Crippen molar-refractivity contribution in [2.24, 2.45) is 0 Å². The van der Waals surface area contributed by atoms with Crippen molar-refractivity contribution in [1.82, 2.24) is 4.90 Å². The predicted molar refractivity (Wildman–Crippen MR) is 90.2 cm³/mol. The zero-order valence-electron chi connectivity index (χ0n) is 13.1. The van der Waals surface area contributed by atoms with Gasteiger partial charge >= 0.3 is 0 Å². The number of ether oxygens (including phenoxy) is 1. The fourth-order valence-corrected chi connectivity index (χ4v) is 2.89. The molecule has 5 nitrogen and oxygen atoms in total. The number of nitrogen functional groups attached to an aromatic ring is 1. The van der Waals surface area contributed by atoms with Crippen LogP contribution in [0.1, 0.15) is 26.7 Å². The van der Waals surface area contributed by atoms with Crippen molar-refractivity contribution in [1.29, 1.82) is 0 Å². The third-order valence-corrected chi connectivity index (χ3v) is 4.00. The van der Waals surface area contributed by atoms with Crippen LogP contribution in [-0.4, -0.2) is 42.6 Å². The molecule has 1 aromatic rings. The topological polar surface area (TPSA) is 67.6 Å². The maximum absolute atomic E-state index is 12.0. The largest absolute Gasteiger partial charge is 0.397 e. The second kappa shape index (κ2) is 7.81. The molecule has 22 heavy (non-hydrogen) atoms. The van der Waals surface area contributed by atoms with E-state index in [1.54, 1.807) is 18.2 Å². The molecule has 0 radical (unpaired) electrons. The van der Waals surface area contributed by atoms with Gasteiger partial charge in [-0.2, -0.15) is 0 Å². The first kappa shape index (κ1) is 17.1. The third kappa shape index (κ3) is 5.16. The van der Waals surface area contributed by atoms with E-state index in [0.717, 1.165) is 26.1 Å². The maximum atomic E-state index is 12.0. The van der Waals surface area contributed by atoms with E-state index < -0.39 is 0 Å². The minimum atomic E-state index is -0.00363. The van der Waals surface area contributed by atoms with Crippen molar-refractivity contribution in [3.05, 3.63) is 23.2 Å². The van der Waals surface area contributed by atoms with Gasteiger partial charge in [-0.1, -0.05) is 11.6 Å². The molecule has 2 rings (SSSR count). The van der Waals surface area contributed by atoms with Gasteiger partial charge in [-0.15, -0.1) is 0 Å². The highest BCUT2D eigenvalue weighted by atomic mass is 35.5. The van der Waals surface area contributed by atoms with Crippen molar-refractivity contribution >= 4 is 28.9 Å². The second-order valence-electron chi connectivity index (χ2n) is 5.90. The number of nitrogens with two attached hydrogens (primary N) is 1. The number of amides is 1. The van der Waals surface area contributed by atoms with Crippen LogP contribution in [0.2, 0.25) is 5.02 Å². The first-order valence-electron chi connectivity index (χ1n) is 7.66. The molecular formula is C16H24ClN3O2. The van der Waals surface area contributed by atoms with Gasteiger partial charge in [-0.25, -0.2) is 0 Å². The number of carbonyl (C=O) groups excluding carboxylic acids is 1. The first-order chi connectivity index (χ1) is 10.4. The van der Waals surface area contributed by atoms with Crippen molar-refractivity contribution < 1.29 is 9.53 Å². The number of carbonyl (C=O) groups is 1. The number of nitrogens with one attached hydrogen (secondary N) is 1. The summed E-state index contributed by atoms with van der Waals surface area (Å²) in [4.78, 5) is 14.3. The molecule has 0 saturated carbocycles. The minimum Gasteiger partial charge on any atom is -0.397 e. The lowest BCUT2D eigenvalue weighted by molar-refractivity contribution is -0.116. The zero-order chi connectivity index (χ0) is 16.1. The summed E-state index contributed by atoms with van der Waals surface area (Å²) in [5.41, 5.74) is 6.87. The van der Waals surface area contributed by atoms with Crippen molar-refractivity contribution in [2.75, 3.05) is 30.7 Å². The van der Waals surface area contributed by atoms with Crippen LogP contribution in [0, 0.1) is 0 Å². The molecule has 1 aliphatic rings. The molecule has 1 heterocycles. The standard InChI is InChI=1S/C16H24ClN3O2/c1-11-9-20(10-12(2)22-11)7-3-4-16(21)19-13-5-6-14(17)15(18)8-13/h5-6,8,11-12H,3-4,7,9-10,18H2,1-2H3,(H,19,21). The number of hydrogen-bond donors (Lipinski definition) is 2. The van der Waals surface area contributed by atoms with Gasteiger partial charge < -0.3 is 15.8 Å². The Kier molecular flexibility index (Phi) is 6.06. The molecular weight excluding hydrogens is 302 g/mol. The molecule has 1 amide bonds. The fraction of sp³-hybridized carbons (Fsp3) is 0.562. The van der Waals surface area contributed by atoms with Gasteiger partial charge in [-0.05, 0) is 45.0 Å². The Hall–Kier alpha value is -1.30. The highest BCUT2D eigenvalue weighted by molar-refractivity contribution is 6.33. The molecule has 0 aromatic heterocycles. The number of anilines is 2. The summed E-state index contributed by atoms with van der Waals surface area (Å²) in [6, 6.07) is 5.11. The van der Waals surface area contributed by atoms with Gasteiger partial charge in [0.15, 0.2) is 0 Å². The van der Waals surface area contributed by atoms with Gasteiger partial charge in [0.25, 0.3) is 0 Å². The third-order valence-electron chi connectivity index (χ3n) is 3.65. The summed E-state index contributed by atoms with van der Waals surface area (Å²) >= 11 is 5.86. The monoisotopic (exact) mass is 325 g/mol. The summed E-state index contributed by atoms with van der Waals surface area (Å²) in [5.74, 6) is -0.00363. The molecule has 0 spiro atoms. The highest BCUT2D eigenvalue weighted by Gasteiger charge is 2.21. The quantitative estimate of drug-likeness (QED) is 0.817. The van der Waals surface area contributed by atoms with Crippen molar-refractivity contribution in [3.63, 3.8) is 0 Å². The lowest BCUT2D eigenvalue weighted by Crippen LogP contribution is -2.45. The second-order valence-corrected chi connectivity index (χ2v) is 6.31. The molecule has 1 aliphatic heterocycles. The van der Waals surface area contributed by atoms with Gasteiger partial charge in [0.2, 0.25) is 5.91 Å². The Morgan fingerprint density at radius 3 is 2.73 bits per heavy atom. The van der Waals surface area contributed by atoms with E-state index >= 15 is 0 Å². The molecule has 6 heteroatoms. The number of morpholine rings is 1. The lowest BCUT2D eigenvalue weighted by atomic mass is 10.2. The Morgan fingerprint density at radius 2 is 2.09 bits per heavy atom. The zero-order valence-corrected chi connectivity index (χ0v) is 13.9. The van der Waals surface area contributed by atoms with Crippen molar-refractivity contribution in [2.45, 2.75) is 38.9 Å². The molecule has 0 bridgehead atoms. The van der Waals surface area contributed by atoms with E-state index in [1.807, 2.05) is 0 Å². The Morgan fingerprint density at radius 1 is 1.41 bits per heavy atom. The Bertz CT molecular complexity index is 514. The van der Waals surface area contributed by atoms with Crippen LogP contribution >= 0.6 is 11.6 Å². The SMILES string of the molecule is CC1CN(CCCC(=O)Nc2ccc(Cl)c(N)c2)CC(C)O1. The number of hydrogen-bond acceptors (Lipinski definition) is 4. The molecule has 122 valence electrons. The molecule has 2 atom stereocenters. The summed E-state index contributed by atoms with van der Waals surface area (Å²) in [6.07, 6.45) is 1.83. The fourth-order valence-electron chi connectivity index (χ4n) is 2.78. The molecule has 3 N–H and O–H groups in total. The minimum absolute atomic E-state index is 0.00363. The lowest BCUT2D eigenvalue weighted by Gasteiger charge is -2.35. The molecule has 2 unspecified atom stereocenters. The molecule has 1 aromatic carbocycles. The molecule has 1 fully saturated rings. The van der Waals surface area contributed by atoms with Crippen LogP contribution in [0.5, 0.6) is 0 Å². The van der Waals surface area contributed by atoms with Crippen LogP contribution in [0.4, 0.5) is 11.4 Å². The van der Waals surface area contributed by atoms with E-state index in [0.29, 0.717) is 22.8 Å². The van der Waals surface area contributed by atoms with Crippen molar-refractivity contribution in [3.8, 4) is 0 Å². The summed E-state index contributed by atoms with van der Waals surface area (Å²) in [5, 5.41) is 3.34. The van der Waals surface area contributed by atoms with Crippen LogP contribution in [0.15, 0.2) is 18.2 Å². The van der Waals surface area contributed by atoms with Crippen LogP contribution < -0.4 is 11.1 Å². The highest BCUT2D eigenvalue weighted by Crippen LogP contribution is 2.22. The normalized spacial score (nSPS) is 22.5. The first-order valence-corrected chi connectivity index (χ1v) is 8.04.